The fourth-order valence-electron chi connectivity index (χ4n) is 4.41. The highest BCUT2D eigenvalue weighted by molar-refractivity contribution is 6.13. The van der Waals surface area contributed by atoms with Gasteiger partial charge >= 0.3 is 18.4 Å². The molecule has 0 aliphatic heterocycles. The van der Waals surface area contributed by atoms with E-state index in [0.717, 1.165) is 25.7 Å². The van der Waals surface area contributed by atoms with Crippen molar-refractivity contribution in [3.63, 3.8) is 0 Å². The molecular weight excluding hydrogens is 620 g/mol. The molecule has 3 N–H and O–H groups in total. The minimum atomic E-state index is -5.11. The molecular formula is C32H33F6N3O5. The van der Waals surface area contributed by atoms with Crippen molar-refractivity contribution in [1.82, 2.24) is 5.32 Å². The second kappa shape index (κ2) is 15.5. The lowest BCUT2D eigenvalue weighted by molar-refractivity contribution is -0.143. The number of imide groups is 1. The van der Waals surface area contributed by atoms with Gasteiger partial charge in [0.05, 0.1) is 36.0 Å². The first-order valence-corrected chi connectivity index (χ1v) is 14.3. The number of benzene rings is 3. The Hall–Kier alpha value is -4.75. The first-order valence-electron chi connectivity index (χ1n) is 14.3. The maximum absolute atomic E-state index is 13.3. The summed E-state index contributed by atoms with van der Waals surface area (Å²) in [7, 11) is 1.35. The average Bonchev–Trinajstić information content (AvgIpc) is 3.00. The number of unbranched alkanes of at least 4 members (excludes halogenated alkanes) is 1. The fourth-order valence-corrected chi connectivity index (χ4v) is 4.41. The Morgan fingerprint density at radius 1 is 0.761 bits per heavy atom. The van der Waals surface area contributed by atoms with E-state index in [9.17, 15) is 40.7 Å². The van der Waals surface area contributed by atoms with Crippen molar-refractivity contribution in [2.45, 2.75) is 51.9 Å². The number of carbonyl (C=O) groups is 3. The molecule has 0 spiro atoms. The molecule has 0 fully saturated rings. The molecule has 248 valence electrons. The number of halogens is 6. The molecule has 0 aliphatic carbocycles. The molecule has 46 heavy (non-hydrogen) atoms. The third-order valence-corrected chi connectivity index (χ3v) is 6.92. The second-order valence-electron chi connectivity index (χ2n) is 10.3. The van der Waals surface area contributed by atoms with Crippen LogP contribution in [-0.4, -0.2) is 31.6 Å². The van der Waals surface area contributed by atoms with E-state index in [1.165, 1.54) is 37.4 Å². The van der Waals surface area contributed by atoms with Crippen LogP contribution in [0, 0.1) is 5.92 Å². The number of nitrogens with one attached hydrogen (secondary N) is 3. The van der Waals surface area contributed by atoms with E-state index in [1.54, 1.807) is 12.1 Å². The van der Waals surface area contributed by atoms with Crippen LogP contribution in [0.3, 0.4) is 0 Å². The van der Waals surface area contributed by atoms with Crippen molar-refractivity contribution in [1.29, 1.82) is 0 Å². The summed E-state index contributed by atoms with van der Waals surface area (Å²) in [5.74, 6) is -1.22. The number of carbonyl (C=O) groups excluding carboxylic acids is 3. The zero-order valence-electron chi connectivity index (χ0n) is 25.2. The Morgan fingerprint density at radius 2 is 1.37 bits per heavy atom. The van der Waals surface area contributed by atoms with Crippen LogP contribution in [0.15, 0.2) is 60.7 Å². The van der Waals surface area contributed by atoms with E-state index < -0.39 is 47.0 Å². The van der Waals surface area contributed by atoms with Crippen LogP contribution in [0.4, 0.5) is 42.5 Å². The minimum Gasteiger partial charge on any atom is -0.496 e. The van der Waals surface area contributed by atoms with Crippen molar-refractivity contribution in [2.24, 2.45) is 5.92 Å². The number of ether oxygens (including phenoxy) is 2. The van der Waals surface area contributed by atoms with Crippen molar-refractivity contribution in [2.75, 3.05) is 24.4 Å². The summed E-state index contributed by atoms with van der Waals surface area (Å²) in [5, 5.41) is 6.49. The number of hydrogen-bond acceptors (Lipinski definition) is 5. The number of anilines is 2. The molecule has 1 unspecified atom stereocenters. The van der Waals surface area contributed by atoms with Gasteiger partial charge < -0.3 is 20.1 Å². The molecule has 4 amide bonds. The quantitative estimate of drug-likeness (QED) is 0.134. The van der Waals surface area contributed by atoms with Crippen LogP contribution in [0.5, 0.6) is 11.5 Å². The summed E-state index contributed by atoms with van der Waals surface area (Å²) >= 11 is 0. The number of rotatable bonds is 12. The predicted octanol–water partition coefficient (Wildman–Crippen LogP) is 8.54. The largest absolute Gasteiger partial charge is 0.496 e. The standard InChI is InChI=1S/C32H33F6N3O5/c1-4-6-9-19(5-2)18-46-27-13-12-22(17-25(27)29(43)41-28(42)24-10-7-8-11-26(24)45-3)39-30(44)40-23-15-20(31(33,34)35)14-21(16-23)32(36,37)38/h7-8,10-17,19H,4-6,9,18H2,1-3H3,(H2,39,40,44)(H,41,42,43). The topological polar surface area (TPSA) is 106 Å². The van der Waals surface area contributed by atoms with Gasteiger partial charge in [0.25, 0.3) is 11.8 Å². The summed E-state index contributed by atoms with van der Waals surface area (Å²) in [6.07, 6.45) is -6.58. The van der Waals surface area contributed by atoms with Crippen LogP contribution in [0.2, 0.25) is 0 Å². The third-order valence-electron chi connectivity index (χ3n) is 6.92. The summed E-state index contributed by atoms with van der Waals surface area (Å²) < 4.78 is 90.6. The number of amides is 4. The molecule has 3 aromatic rings. The lowest BCUT2D eigenvalue weighted by Gasteiger charge is -2.18. The van der Waals surface area contributed by atoms with Crippen molar-refractivity contribution >= 4 is 29.2 Å². The van der Waals surface area contributed by atoms with Gasteiger partial charge in [0.15, 0.2) is 0 Å². The summed E-state index contributed by atoms with van der Waals surface area (Å²) in [5.41, 5.74) is -4.15. The van der Waals surface area contributed by atoms with Gasteiger partial charge in [-0.2, -0.15) is 26.3 Å². The molecule has 0 saturated heterocycles. The average molecular weight is 654 g/mol. The molecule has 0 bridgehead atoms. The molecule has 14 heteroatoms. The van der Waals surface area contributed by atoms with E-state index in [4.69, 9.17) is 9.47 Å². The predicted molar refractivity (Wildman–Crippen MR) is 159 cm³/mol. The van der Waals surface area contributed by atoms with E-state index in [1.807, 2.05) is 12.2 Å². The number of urea groups is 1. The van der Waals surface area contributed by atoms with Gasteiger partial charge in [0.2, 0.25) is 0 Å². The van der Waals surface area contributed by atoms with Gasteiger partial charge in [-0.05, 0) is 60.9 Å². The van der Waals surface area contributed by atoms with Crippen molar-refractivity contribution in [3.8, 4) is 11.5 Å². The maximum atomic E-state index is 13.3. The third kappa shape index (κ3) is 9.88. The highest BCUT2D eigenvalue weighted by Gasteiger charge is 2.37. The van der Waals surface area contributed by atoms with Gasteiger partial charge in [0.1, 0.15) is 11.5 Å². The summed E-state index contributed by atoms with van der Waals surface area (Å²) in [6, 6.07) is 9.49. The molecule has 0 saturated carbocycles. The summed E-state index contributed by atoms with van der Waals surface area (Å²) in [4.78, 5) is 38.9. The minimum absolute atomic E-state index is 0.0651. The maximum Gasteiger partial charge on any atom is 0.416 e. The zero-order chi connectivity index (χ0) is 34.1. The Balaban J connectivity index is 1.89. The van der Waals surface area contributed by atoms with Crippen molar-refractivity contribution < 1.29 is 50.2 Å². The molecule has 0 aromatic heterocycles. The Kier molecular flexibility index (Phi) is 12.0. The van der Waals surface area contributed by atoms with E-state index in [2.05, 4.69) is 17.6 Å². The number of para-hydroxylation sites is 1. The molecule has 8 nitrogen and oxygen atoms in total. The van der Waals surface area contributed by atoms with Crippen molar-refractivity contribution in [3.05, 3.63) is 82.9 Å². The number of methoxy groups -OCH3 is 1. The lowest BCUT2D eigenvalue weighted by Crippen LogP contribution is -2.31. The van der Waals surface area contributed by atoms with Crippen LogP contribution >= 0.6 is 0 Å². The van der Waals surface area contributed by atoms with E-state index in [0.29, 0.717) is 12.1 Å². The molecule has 0 heterocycles. The van der Waals surface area contributed by atoms with Gasteiger partial charge in [-0.15, -0.1) is 0 Å². The highest BCUT2D eigenvalue weighted by Crippen LogP contribution is 2.37. The Morgan fingerprint density at radius 3 is 1.96 bits per heavy atom. The molecule has 3 rings (SSSR count). The first kappa shape index (κ1) is 35.7. The summed E-state index contributed by atoms with van der Waals surface area (Å²) in [6.45, 7) is 4.30. The highest BCUT2D eigenvalue weighted by atomic mass is 19.4. The normalized spacial score (nSPS) is 12.2. The van der Waals surface area contributed by atoms with Gasteiger partial charge in [-0.1, -0.05) is 45.2 Å². The second-order valence-corrected chi connectivity index (χ2v) is 10.3. The van der Waals surface area contributed by atoms with Crippen LogP contribution in [0.1, 0.15) is 71.4 Å². The SMILES string of the molecule is CCCCC(CC)COc1ccc(NC(=O)Nc2cc(C(F)(F)F)cc(C(F)(F)F)c2)cc1C(=O)NC(=O)c1ccccc1OC. The molecule has 0 radical (unpaired) electrons. The van der Waals surface area contributed by atoms with Gasteiger partial charge in [-0.3, -0.25) is 14.9 Å². The molecule has 0 aliphatic rings. The first-order chi connectivity index (χ1) is 21.7. The Bertz CT molecular complexity index is 1510. The van der Waals surface area contributed by atoms with Crippen LogP contribution in [0.25, 0.3) is 0 Å². The zero-order valence-corrected chi connectivity index (χ0v) is 25.2. The number of hydrogen-bond donors (Lipinski definition) is 3. The fraction of sp³-hybridized carbons (Fsp3) is 0.344. The number of alkyl halides is 6. The Labute approximate surface area is 261 Å². The monoisotopic (exact) mass is 653 g/mol. The smallest absolute Gasteiger partial charge is 0.416 e. The molecule has 3 aromatic carbocycles. The lowest BCUT2D eigenvalue weighted by atomic mass is 10.0. The molecule has 1 atom stereocenters. The van der Waals surface area contributed by atoms with Gasteiger partial charge in [0, 0.05) is 11.4 Å². The van der Waals surface area contributed by atoms with Crippen LogP contribution in [-0.2, 0) is 12.4 Å². The van der Waals surface area contributed by atoms with Gasteiger partial charge in [-0.25, -0.2) is 4.79 Å². The van der Waals surface area contributed by atoms with E-state index >= 15 is 0 Å². The van der Waals surface area contributed by atoms with E-state index in [-0.39, 0.29) is 46.9 Å². The van der Waals surface area contributed by atoms with Crippen LogP contribution < -0.4 is 25.4 Å².